The average Bonchev–Trinajstić information content (AvgIpc) is 3.09. The maximum Gasteiger partial charge on any atom is 0.272 e. The first-order chi connectivity index (χ1) is 16.4. The fourth-order valence-corrected chi connectivity index (χ4v) is 4.50. The Balaban J connectivity index is 1.73. The highest BCUT2D eigenvalue weighted by Gasteiger charge is 2.27. The van der Waals surface area contributed by atoms with Gasteiger partial charge in [0, 0.05) is 42.6 Å². The van der Waals surface area contributed by atoms with Crippen LogP contribution in [0.25, 0.3) is 0 Å². The summed E-state index contributed by atoms with van der Waals surface area (Å²) in [6.07, 6.45) is 0. The van der Waals surface area contributed by atoms with Crippen molar-refractivity contribution in [1.29, 1.82) is 0 Å². The van der Waals surface area contributed by atoms with Gasteiger partial charge < -0.3 is 29.0 Å². The molecule has 1 aliphatic heterocycles. The minimum absolute atomic E-state index is 0.227. The Labute approximate surface area is 199 Å². The number of halogens is 1. The Morgan fingerprint density at radius 3 is 2.35 bits per heavy atom. The summed E-state index contributed by atoms with van der Waals surface area (Å²) in [7, 11) is 3.12. The van der Waals surface area contributed by atoms with Crippen molar-refractivity contribution in [2.24, 2.45) is 0 Å². The lowest BCUT2D eigenvalue weighted by molar-refractivity contribution is 0.101. The predicted molar refractivity (Wildman–Crippen MR) is 130 cm³/mol. The van der Waals surface area contributed by atoms with Gasteiger partial charge in [-0.3, -0.25) is 4.79 Å². The number of amides is 1. The molecule has 0 radical (unpaired) electrons. The van der Waals surface area contributed by atoms with Crippen molar-refractivity contribution in [3.05, 3.63) is 70.8 Å². The third-order valence-electron chi connectivity index (χ3n) is 6.17. The number of aromatic nitrogens is 1. The lowest BCUT2D eigenvalue weighted by atomic mass is 10.1. The fraction of sp³-hybridized carbons (Fsp3) is 0.346. The minimum atomic E-state index is -0.287. The zero-order valence-electron chi connectivity index (χ0n) is 20.0. The van der Waals surface area contributed by atoms with Gasteiger partial charge in [0.2, 0.25) is 0 Å². The number of benzene rings is 2. The molecule has 4 rings (SSSR count). The summed E-state index contributed by atoms with van der Waals surface area (Å²) in [5.74, 6) is 0.602. The SMILES string of the molecule is COc1ccc(NC(=O)c2c(C)c(N3CCOCC3)c(C)n2Cc2ccc(F)cc2)cc1OC. The molecule has 3 aromatic rings. The molecule has 1 aliphatic rings. The smallest absolute Gasteiger partial charge is 0.272 e. The third kappa shape index (κ3) is 4.72. The summed E-state index contributed by atoms with van der Waals surface area (Å²) in [5, 5.41) is 3.01. The standard InChI is InChI=1S/C26H30FN3O4/c1-17-24(29-11-13-34-14-12-29)18(2)30(16-19-5-7-20(27)8-6-19)25(17)26(31)28-21-9-10-22(32-3)23(15-21)33-4/h5-10,15H,11-14,16H2,1-4H3,(H,28,31). The first-order valence-electron chi connectivity index (χ1n) is 11.2. The average molecular weight is 468 g/mol. The largest absolute Gasteiger partial charge is 0.493 e. The van der Waals surface area contributed by atoms with Crippen molar-refractivity contribution < 1.29 is 23.4 Å². The van der Waals surface area contributed by atoms with Crippen molar-refractivity contribution in [3.63, 3.8) is 0 Å². The molecule has 1 amide bonds. The molecule has 0 saturated carbocycles. The molecule has 7 nitrogen and oxygen atoms in total. The normalized spacial score (nSPS) is 13.6. The van der Waals surface area contributed by atoms with Crippen LogP contribution in [0.2, 0.25) is 0 Å². The van der Waals surface area contributed by atoms with Crippen LogP contribution in [0.4, 0.5) is 15.8 Å². The monoisotopic (exact) mass is 467 g/mol. The molecule has 0 atom stereocenters. The van der Waals surface area contributed by atoms with Gasteiger partial charge in [-0.2, -0.15) is 0 Å². The molecule has 0 aliphatic carbocycles. The summed E-state index contributed by atoms with van der Waals surface area (Å²) < 4.78 is 31.7. The second-order valence-electron chi connectivity index (χ2n) is 8.24. The van der Waals surface area contributed by atoms with E-state index in [0.717, 1.165) is 35.6 Å². The highest BCUT2D eigenvalue weighted by atomic mass is 19.1. The number of carbonyl (C=O) groups is 1. The lowest BCUT2D eigenvalue weighted by Crippen LogP contribution is -2.36. The van der Waals surface area contributed by atoms with Crippen LogP contribution >= 0.6 is 0 Å². The molecule has 1 fully saturated rings. The van der Waals surface area contributed by atoms with Crippen LogP contribution < -0.4 is 19.7 Å². The molecule has 34 heavy (non-hydrogen) atoms. The molecular weight excluding hydrogens is 437 g/mol. The summed E-state index contributed by atoms with van der Waals surface area (Å²) in [5.41, 5.74) is 5.01. The van der Waals surface area contributed by atoms with E-state index in [9.17, 15) is 9.18 Å². The van der Waals surface area contributed by atoms with E-state index in [2.05, 4.69) is 10.2 Å². The molecule has 1 N–H and O–H groups in total. The Morgan fingerprint density at radius 2 is 1.71 bits per heavy atom. The van der Waals surface area contributed by atoms with Gasteiger partial charge >= 0.3 is 0 Å². The van der Waals surface area contributed by atoms with E-state index in [1.807, 2.05) is 18.4 Å². The number of methoxy groups -OCH3 is 2. The molecule has 2 heterocycles. The first-order valence-corrected chi connectivity index (χ1v) is 11.2. The maximum atomic E-state index is 13.6. The van der Waals surface area contributed by atoms with E-state index in [1.54, 1.807) is 44.6 Å². The number of hydrogen-bond donors (Lipinski definition) is 1. The number of nitrogens with one attached hydrogen (secondary N) is 1. The van der Waals surface area contributed by atoms with Crippen LogP contribution in [0.1, 0.15) is 27.3 Å². The summed E-state index contributed by atoms with van der Waals surface area (Å²) >= 11 is 0. The highest BCUT2D eigenvalue weighted by Crippen LogP contribution is 2.34. The topological polar surface area (TPSA) is 65.0 Å². The van der Waals surface area contributed by atoms with Gasteiger partial charge in [0.15, 0.2) is 11.5 Å². The number of morpholine rings is 1. The van der Waals surface area contributed by atoms with Crippen molar-refractivity contribution in [1.82, 2.24) is 4.57 Å². The summed E-state index contributed by atoms with van der Waals surface area (Å²) in [4.78, 5) is 15.9. The van der Waals surface area contributed by atoms with Crippen LogP contribution in [-0.4, -0.2) is 51.0 Å². The summed E-state index contributed by atoms with van der Waals surface area (Å²) in [6, 6.07) is 11.6. The number of rotatable bonds is 7. The van der Waals surface area contributed by atoms with Crippen molar-refractivity contribution in [2.45, 2.75) is 20.4 Å². The Morgan fingerprint density at radius 1 is 1.03 bits per heavy atom. The van der Waals surface area contributed by atoms with Crippen LogP contribution in [0, 0.1) is 19.7 Å². The van der Waals surface area contributed by atoms with Gasteiger partial charge in [0.25, 0.3) is 5.91 Å². The maximum absolute atomic E-state index is 13.6. The molecule has 2 aromatic carbocycles. The predicted octanol–water partition coefficient (Wildman–Crippen LogP) is 4.40. The second kappa shape index (κ2) is 10.2. The Kier molecular flexibility index (Phi) is 7.07. The van der Waals surface area contributed by atoms with E-state index in [-0.39, 0.29) is 11.7 Å². The number of carbonyl (C=O) groups excluding carboxylic acids is 1. The van der Waals surface area contributed by atoms with Gasteiger partial charge in [-0.05, 0) is 43.7 Å². The van der Waals surface area contributed by atoms with Crippen molar-refractivity contribution in [3.8, 4) is 11.5 Å². The molecule has 0 bridgehead atoms. The third-order valence-corrected chi connectivity index (χ3v) is 6.17. The lowest BCUT2D eigenvalue weighted by Gasteiger charge is -2.29. The number of ether oxygens (including phenoxy) is 3. The van der Waals surface area contributed by atoms with Gasteiger partial charge in [0.1, 0.15) is 11.5 Å². The Bertz CT molecular complexity index is 1170. The zero-order chi connectivity index (χ0) is 24.2. The van der Waals surface area contributed by atoms with Gasteiger partial charge in [-0.1, -0.05) is 12.1 Å². The fourth-order valence-electron chi connectivity index (χ4n) is 4.50. The van der Waals surface area contributed by atoms with Gasteiger partial charge in [-0.25, -0.2) is 4.39 Å². The van der Waals surface area contributed by atoms with Crippen molar-refractivity contribution >= 4 is 17.3 Å². The quantitative estimate of drug-likeness (QED) is 0.558. The molecule has 0 spiro atoms. The first kappa shape index (κ1) is 23.6. The van der Waals surface area contributed by atoms with Crippen LogP contribution in [0.3, 0.4) is 0 Å². The van der Waals surface area contributed by atoms with Crippen LogP contribution in [-0.2, 0) is 11.3 Å². The molecule has 180 valence electrons. The Hall–Kier alpha value is -3.52. The number of nitrogens with zero attached hydrogens (tertiary/aromatic N) is 2. The molecular formula is C26H30FN3O4. The molecule has 0 unspecified atom stereocenters. The van der Waals surface area contributed by atoms with Crippen molar-refractivity contribution in [2.75, 3.05) is 50.7 Å². The second-order valence-corrected chi connectivity index (χ2v) is 8.24. The van der Waals surface area contributed by atoms with E-state index in [1.165, 1.54) is 12.1 Å². The molecule has 8 heteroatoms. The van der Waals surface area contributed by atoms with Gasteiger partial charge in [-0.15, -0.1) is 0 Å². The van der Waals surface area contributed by atoms with E-state index in [0.29, 0.717) is 42.6 Å². The van der Waals surface area contributed by atoms with E-state index < -0.39 is 0 Å². The van der Waals surface area contributed by atoms with Crippen LogP contribution in [0.5, 0.6) is 11.5 Å². The van der Waals surface area contributed by atoms with E-state index >= 15 is 0 Å². The number of hydrogen-bond acceptors (Lipinski definition) is 5. The minimum Gasteiger partial charge on any atom is -0.493 e. The molecule has 1 saturated heterocycles. The number of anilines is 2. The molecule has 1 aromatic heterocycles. The van der Waals surface area contributed by atoms with Crippen LogP contribution in [0.15, 0.2) is 42.5 Å². The zero-order valence-corrected chi connectivity index (χ0v) is 20.0. The van der Waals surface area contributed by atoms with Gasteiger partial charge in [0.05, 0.1) is 33.1 Å². The summed E-state index contributed by atoms with van der Waals surface area (Å²) in [6.45, 7) is 7.27. The van der Waals surface area contributed by atoms with E-state index in [4.69, 9.17) is 14.2 Å². The highest BCUT2D eigenvalue weighted by molar-refractivity contribution is 6.05.